The van der Waals surface area contributed by atoms with Crippen LogP contribution >= 0.6 is 0 Å². The van der Waals surface area contributed by atoms with Crippen molar-refractivity contribution in [3.05, 3.63) is 54.2 Å². The number of piperidine rings is 1. The third-order valence-electron chi connectivity index (χ3n) is 5.79. The number of benzene rings is 1. The number of methoxy groups -OCH3 is 1. The maximum Gasteiger partial charge on any atom is 0.271 e. The summed E-state index contributed by atoms with van der Waals surface area (Å²) in [6, 6.07) is 9.50. The SMILES string of the molecule is COc1cccc(-c2cc(C(=O)N3CCC(Cn4ccnc4C(C)C)CC3)[nH]n2)c1. The number of aromatic amines is 1. The Labute approximate surface area is 177 Å². The first-order valence-corrected chi connectivity index (χ1v) is 10.5. The van der Waals surface area contributed by atoms with E-state index in [0.29, 0.717) is 17.5 Å². The predicted octanol–water partition coefficient (Wildman–Crippen LogP) is 3.96. The van der Waals surface area contributed by atoms with E-state index in [1.54, 1.807) is 7.11 Å². The molecule has 158 valence electrons. The van der Waals surface area contributed by atoms with Gasteiger partial charge in [-0.2, -0.15) is 5.10 Å². The lowest BCUT2D eigenvalue weighted by atomic mass is 9.96. The highest BCUT2D eigenvalue weighted by Gasteiger charge is 2.25. The van der Waals surface area contributed by atoms with Gasteiger partial charge in [0.15, 0.2) is 0 Å². The van der Waals surface area contributed by atoms with E-state index in [4.69, 9.17) is 4.74 Å². The molecular weight excluding hydrogens is 378 g/mol. The number of hydrogen-bond donors (Lipinski definition) is 1. The van der Waals surface area contributed by atoms with Crippen LogP contribution in [0.5, 0.6) is 5.75 Å². The fourth-order valence-corrected chi connectivity index (χ4v) is 4.10. The summed E-state index contributed by atoms with van der Waals surface area (Å²) >= 11 is 0. The first kappa shape index (κ1) is 20.2. The lowest BCUT2D eigenvalue weighted by Gasteiger charge is -2.32. The van der Waals surface area contributed by atoms with E-state index in [9.17, 15) is 4.79 Å². The second-order valence-electron chi connectivity index (χ2n) is 8.23. The van der Waals surface area contributed by atoms with Crippen LogP contribution in [0.2, 0.25) is 0 Å². The summed E-state index contributed by atoms with van der Waals surface area (Å²) in [5.41, 5.74) is 2.20. The number of nitrogens with zero attached hydrogens (tertiary/aromatic N) is 4. The zero-order valence-corrected chi connectivity index (χ0v) is 17.8. The van der Waals surface area contributed by atoms with Crippen LogP contribution in [-0.4, -0.2) is 50.8 Å². The number of aromatic nitrogens is 4. The van der Waals surface area contributed by atoms with Gasteiger partial charge in [0, 0.05) is 43.5 Å². The molecule has 0 bridgehead atoms. The Morgan fingerprint density at radius 2 is 2.07 bits per heavy atom. The van der Waals surface area contributed by atoms with Crippen molar-refractivity contribution >= 4 is 5.91 Å². The van der Waals surface area contributed by atoms with E-state index in [2.05, 4.69) is 39.8 Å². The Morgan fingerprint density at radius 1 is 1.27 bits per heavy atom. The van der Waals surface area contributed by atoms with Crippen molar-refractivity contribution in [1.29, 1.82) is 0 Å². The van der Waals surface area contributed by atoms with Gasteiger partial charge in [0.05, 0.1) is 12.8 Å². The van der Waals surface area contributed by atoms with Crippen LogP contribution < -0.4 is 4.74 Å². The number of rotatable bonds is 6. The molecule has 0 aliphatic carbocycles. The number of ether oxygens (including phenoxy) is 1. The molecule has 30 heavy (non-hydrogen) atoms. The molecule has 7 nitrogen and oxygen atoms in total. The first-order valence-electron chi connectivity index (χ1n) is 10.5. The number of nitrogens with one attached hydrogen (secondary N) is 1. The molecule has 0 unspecified atom stereocenters. The molecule has 1 fully saturated rings. The van der Waals surface area contributed by atoms with Gasteiger partial charge in [-0.25, -0.2) is 4.98 Å². The smallest absolute Gasteiger partial charge is 0.271 e. The molecule has 1 amide bonds. The van der Waals surface area contributed by atoms with Gasteiger partial charge < -0.3 is 14.2 Å². The molecule has 2 aromatic heterocycles. The standard InChI is InChI=1S/C23H29N5O2/c1-16(2)22-24-9-12-28(22)15-17-7-10-27(11-8-17)23(29)21-14-20(25-26-21)18-5-4-6-19(13-18)30-3/h4-6,9,12-14,16-17H,7-8,10-11,15H2,1-3H3,(H,25,26). The van der Waals surface area contributed by atoms with Crippen molar-refractivity contribution in [2.24, 2.45) is 5.92 Å². The molecule has 0 atom stereocenters. The summed E-state index contributed by atoms with van der Waals surface area (Å²) in [6.45, 7) is 6.85. The molecule has 3 aromatic rings. The van der Waals surface area contributed by atoms with E-state index in [1.807, 2.05) is 41.4 Å². The average Bonchev–Trinajstić information content (AvgIpc) is 3.44. The number of imidazole rings is 1. The van der Waals surface area contributed by atoms with Gasteiger partial charge in [-0.05, 0) is 37.0 Å². The van der Waals surface area contributed by atoms with Gasteiger partial charge in [0.25, 0.3) is 5.91 Å². The van der Waals surface area contributed by atoms with Crippen molar-refractivity contribution in [3.63, 3.8) is 0 Å². The molecule has 1 aromatic carbocycles. The van der Waals surface area contributed by atoms with Gasteiger partial charge >= 0.3 is 0 Å². The van der Waals surface area contributed by atoms with Crippen LogP contribution in [0.1, 0.15) is 48.9 Å². The normalized spacial score (nSPS) is 15.0. The summed E-state index contributed by atoms with van der Waals surface area (Å²) < 4.78 is 7.54. The molecule has 1 aliphatic rings. The summed E-state index contributed by atoms with van der Waals surface area (Å²) in [5, 5.41) is 7.24. The van der Waals surface area contributed by atoms with Crippen LogP contribution in [0.15, 0.2) is 42.7 Å². The number of hydrogen-bond acceptors (Lipinski definition) is 4. The molecule has 0 saturated carbocycles. The summed E-state index contributed by atoms with van der Waals surface area (Å²) in [6.07, 6.45) is 5.94. The van der Waals surface area contributed by atoms with Crippen LogP contribution in [0.25, 0.3) is 11.3 Å². The number of H-pyrrole nitrogens is 1. The third-order valence-corrected chi connectivity index (χ3v) is 5.79. The van der Waals surface area contributed by atoms with E-state index in [0.717, 1.165) is 55.3 Å². The zero-order valence-electron chi connectivity index (χ0n) is 17.8. The van der Waals surface area contributed by atoms with E-state index in [1.165, 1.54) is 0 Å². The Morgan fingerprint density at radius 3 is 2.80 bits per heavy atom. The molecule has 1 saturated heterocycles. The minimum atomic E-state index is 0.0144. The quantitative estimate of drug-likeness (QED) is 0.671. The van der Waals surface area contributed by atoms with Crippen molar-refractivity contribution < 1.29 is 9.53 Å². The lowest BCUT2D eigenvalue weighted by Crippen LogP contribution is -2.39. The van der Waals surface area contributed by atoms with Crippen molar-refractivity contribution in [2.75, 3.05) is 20.2 Å². The molecule has 7 heteroatoms. The number of carbonyl (C=O) groups excluding carboxylic acids is 1. The predicted molar refractivity (Wildman–Crippen MR) is 116 cm³/mol. The second-order valence-corrected chi connectivity index (χ2v) is 8.23. The van der Waals surface area contributed by atoms with Gasteiger partial charge in [-0.3, -0.25) is 9.89 Å². The minimum absolute atomic E-state index is 0.0144. The van der Waals surface area contributed by atoms with Crippen LogP contribution in [0.4, 0.5) is 0 Å². The second kappa shape index (κ2) is 8.73. The molecule has 0 spiro atoms. The summed E-state index contributed by atoms with van der Waals surface area (Å²) in [7, 11) is 1.64. The largest absolute Gasteiger partial charge is 0.497 e. The maximum absolute atomic E-state index is 12.9. The fourth-order valence-electron chi connectivity index (χ4n) is 4.10. The zero-order chi connectivity index (χ0) is 21.1. The Balaban J connectivity index is 1.36. The third kappa shape index (κ3) is 4.25. The average molecular weight is 408 g/mol. The van der Waals surface area contributed by atoms with E-state index >= 15 is 0 Å². The van der Waals surface area contributed by atoms with Crippen LogP contribution in [-0.2, 0) is 6.54 Å². The molecule has 1 N–H and O–H groups in total. The Hall–Kier alpha value is -3.09. The highest BCUT2D eigenvalue weighted by atomic mass is 16.5. The highest BCUT2D eigenvalue weighted by molar-refractivity contribution is 5.93. The van der Waals surface area contributed by atoms with Gasteiger partial charge in [0.1, 0.15) is 17.3 Å². The van der Waals surface area contributed by atoms with Crippen LogP contribution in [0, 0.1) is 5.92 Å². The number of amides is 1. The molecule has 3 heterocycles. The van der Waals surface area contributed by atoms with E-state index < -0.39 is 0 Å². The van der Waals surface area contributed by atoms with Crippen molar-refractivity contribution in [1.82, 2.24) is 24.6 Å². The topological polar surface area (TPSA) is 76.0 Å². The lowest BCUT2D eigenvalue weighted by molar-refractivity contribution is 0.0676. The molecule has 4 rings (SSSR count). The van der Waals surface area contributed by atoms with Crippen molar-refractivity contribution in [2.45, 2.75) is 39.2 Å². The Bertz CT molecular complexity index is 998. The molecular formula is C23H29N5O2. The minimum Gasteiger partial charge on any atom is -0.497 e. The van der Waals surface area contributed by atoms with Crippen molar-refractivity contribution in [3.8, 4) is 17.0 Å². The Kier molecular flexibility index (Phi) is 5.88. The van der Waals surface area contributed by atoms with Gasteiger partial charge in [-0.1, -0.05) is 26.0 Å². The van der Waals surface area contributed by atoms with Gasteiger partial charge in [0.2, 0.25) is 0 Å². The fraction of sp³-hybridized carbons (Fsp3) is 0.435. The molecule has 0 radical (unpaired) electrons. The summed E-state index contributed by atoms with van der Waals surface area (Å²) in [5.74, 6) is 2.90. The number of likely N-dealkylation sites (tertiary alicyclic amines) is 1. The first-order chi connectivity index (χ1) is 14.5. The maximum atomic E-state index is 12.9. The number of carbonyl (C=O) groups is 1. The van der Waals surface area contributed by atoms with E-state index in [-0.39, 0.29) is 5.91 Å². The van der Waals surface area contributed by atoms with Gasteiger partial charge in [-0.15, -0.1) is 0 Å². The van der Waals surface area contributed by atoms with Crippen LogP contribution in [0.3, 0.4) is 0 Å². The summed E-state index contributed by atoms with van der Waals surface area (Å²) in [4.78, 5) is 19.4. The monoisotopic (exact) mass is 407 g/mol. The molecule has 1 aliphatic heterocycles. The highest BCUT2D eigenvalue weighted by Crippen LogP contribution is 2.25.